The Hall–Kier alpha value is -1.78. The fourth-order valence-corrected chi connectivity index (χ4v) is 1.09. The standard InChI is InChI=1S/2C5HF9/c6-1-2(7)3(8,4(9,10)11)5(12,13)14;6-1(3(7)8)2(4(9,10)11)5(12,13)14/h1H;2H. The summed E-state index contributed by atoms with van der Waals surface area (Å²) in [5.74, 6) is -11.9. The topological polar surface area (TPSA) is 0 Å². The molecule has 168 valence electrons. The second kappa shape index (κ2) is 8.71. The SMILES string of the molecule is FC(F)=C(F)C(C(F)(F)F)C(F)(F)F.FC=C(F)C(F)(C(F)(F)F)C(F)(F)F. The highest BCUT2D eigenvalue weighted by atomic mass is 19.4. The van der Waals surface area contributed by atoms with Gasteiger partial charge in [-0.1, -0.05) is 0 Å². The van der Waals surface area contributed by atoms with E-state index in [-0.39, 0.29) is 0 Å². The molecule has 0 rings (SSSR count). The van der Waals surface area contributed by atoms with E-state index in [0.717, 1.165) is 0 Å². The molecule has 0 spiro atoms. The van der Waals surface area contributed by atoms with Crippen LogP contribution in [0.1, 0.15) is 0 Å². The smallest absolute Gasteiger partial charge is 0.215 e. The predicted octanol–water partition coefficient (Wildman–Crippen LogP) is 7.40. The Morgan fingerprint density at radius 2 is 0.857 bits per heavy atom. The summed E-state index contributed by atoms with van der Waals surface area (Å²) in [7, 11) is 0. The largest absolute Gasteiger partial charge is 0.438 e. The van der Waals surface area contributed by atoms with Gasteiger partial charge in [0, 0.05) is 0 Å². The Bertz CT molecular complexity index is 533. The molecule has 0 amide bonds. The second-order valence-corrected chi connectivity index (χ2v) is 4.24. The van der Waals surface area contributed by atoms with Crippen molar-refractivity contribution in [2.24, 2.45) is 5.92 Å². The van der Waals surface area contributed by atoms with Crippen LogP contribution in [0.15, 0.2) is 24.1 Å². The lowest BCUT2D eigenvalue weighted by Crippen LogP contribution is -2.53. The summed E-state index contributed by atoms with van der Waals surface area (Å²) in [6.07, 6.45) is -30.8. The second-order valence-electron chi connectivity index (χ2n) is 4.24. The van der Waals surface area contributed by atoms with E-state index in [1.54, 1.807) is 0 Å². The van der Waals surface area contributed by atoms with Gasteiger partial charge < -0.3 is 0 Å². The minimum absolute atomic E-state index is 1.72. The Morgan fingerprint density at radius 3 is 0.929 bits per heavy atom. The van der Waals surface area contributed by atoms with Crippen molar-refractivity contribution in [1.29, 1.82) is 0 Å². The molecule has 0 saturated carbocycles. The quantitative estimate of drug-likeness (QED) is 0.374. The van der Waals surface area contributed by atoms with E-state index < -0.39 is 60.4 Å². The third kappa shape index (κ3) is 6.68. The lowest BCUT2D eigenvalue weighted by atomic mass is 10.0. The molecule has 0 aromatic carbocycles. The van der Waals surface area contributed by atoms with Crippen LogP contribution in [-0.2, 0) is 0 Å². The number of halogens is 18. The van der Waals surface area contributed by atoms with Gasteiger partial charge in [-0.15, -0.1) is 0 Å². The zero-order chi connectivity index (χ0) is 23.5. The van der Waals surface area contributed by atoms with E-state index in [1.807, 2.05) is 0 Å². The maximum absolute atomic E-state index is 12.3. The molecule has 0 radical (unpaired) electrons. The minimum Gasteiger partial charge on any atom is -0.215 e. The van der Waals surface area contributed by atoms with E-state index >= 15 is 0 Å². The first-order valence-electron chi connectivity index (χ1n) is 5.59. The summed E-state index contributed by atoms with van der Waals surface area (Å²) >= 11 is 0. The average molecular weight is 464 g/mol. The van der Waals surface area contributed by atoms with Crippen molar-refractivity contribution in [3.05, 3.63) is 24.1 Å². The van der Waals surface area contributed by atoms with Crippen LogP contribution >= 0.6 is 0 Å². The van der Waals surface area contributed by atoms with Gasteiger partial charge in [0.2, 0.25) is 5.92 Å². The monoisotopic (exact) mass is 464 g/mol. The molecule has 0 bridgehead atoms. The molecule has 0 aliphatic rings. The molecular formula is C10H2F18. The first-order chi connectivity index (χ1) is 12.0. The third-order valence-electron chi connectivity index (χ3n) is 2.29. The van der Waals surface area contributed by atoms with Crippen molar-refractivity contribution >= 4 is 0 Å². The number of allylic oxidation sites excluding steroid dienone is 2. The van der Waals surface area contributed by atoms with Crippen molar-refractivity contribution in [1.82, 2.24) is 0 Å². The van der Waals surface area contributed by atoms with Gasteiger partial charge in [-0.3, -0.25) is 0 Å². The molecule has 0 atom stereocenters. The number of hydrogen-bond acceptors (Lipinski definition) is 0. The van der Waals surface area contributed by atoms with Crippen molar-refractivity contribution in [2.75, 3.05) is 0 Å². The van der Waals surface area contributed by atoms with Crippen molar-refractivity contribution in [3.63, 3.8) is 0 Å². The van der Waals surface area contributed by atoms with Crippen LogP contribution in [-0.4, -0.2) is 30.4 Å². The fraction of sp³-hybridized carbons (Fsp3) is 0.600. The van der Waals surface area contributed by atoms with Crippen molar-refractivity contribution < 1.29 is 79.0 Å². The predicted molar refractivity (Wildman–Crippen MR) is 52.2 cm³/mol. The Morgan fingerprint density at radius 1 is 0.571 bits per heavy atom. The number of rotatable bonds is 2. The highest BCUT2D eigenvalue weighted by molar-refractivity contribution is 5.15. The van der Waals surface area contributed by atoms with Gasteiger partial charge in [0.05, 0.1) is 0 Å². The van der Waals surface area contributed by atoms with Gasteiger partial charge in [-0.05, 0) is 0 Å². The molecule has 0 aromatic heterocycles. The van der Waals surface area contributed by atoms with Gasteiger partial charge >= 0.3 is 36.5 Å². The molecule has 0 aliphatic carbocycles. The molecule has 0 heterocycles. The molecule has 0 N–H and O–H groups in total. The molecule has 0 fully saturated rings. The lowest BCUT2D eigenvalue weighted by molar-refractivity contribution is -0.331. The molecule has 0 saturated heterocycles. The van der Waals surface area contributed by atoms with E-state index in [9.17, 15) is 79.0 Å². The molecule has 18 heteroatoms. The van der Waals surface area contributed by atoms with Gasteiger partial charge in [-0.25, -0.2) is 17.6 Å². The number of alkyl halides is 13. The Kier molecular flexibility index (Phi) is 8.84. The molecular weight excluding hydrogens is 462 g/mol. The maximum Gasteiger partial charge on any atom is 0.438 e. The van der Waals surface area contributed by atoms with E-state index in [1.165, 1.54) is 0 Å². The average Bonchev–Trinajstić information content (AvgIpc) is 2.40. The summed E-state index contributed by atoms with van der Waals surface area (Å²) in [4.78, 5) is 0. The number of hydrogen-bond donors (Lipinski definition) is 0. The van der Waals surface area contributed by atoms with Crippen LogP contribution in [0.2, 0.25) is 0 Å². The first-order valence-corrected chi connectivity index (χ1v) is 5.59. The summed E-state index contributed by atoms with van der Waals surface area (Å²) < 4.78 is 208. The zero-order valence-electron chi connectivity index (χ0n) is 12.0. The first kappa shape index (κ1) is 28.4. The highest BCUT2D eigenvalue weighted by Crippen LogP contribution is 2.51. The molecule has 0 aromatic rings. The van der Waals surface area contributed by atoms with Crippen LogP contribution in [0.3, 0.4) is 0 Å². The Labute approximate surface area is 141 Å². The maximum atomic E-state index is 12.3. The van der Waals surface area contributed by atoms with Crippen molar-refractivity contribution in [3.8, 4) is 0 Å². The molecule has 0 unspecified atom stereocenters. The van der Waals surface area contributed by atoms with Crippen LogP contribution < -0.4 is 0 Å². The van der Waals surface area contributed by atoms with Gasteiger partial charge in [0.1, 0.15) is 6.33 Å². The van der Waals surface area contributed by atoms with Crippen LogP contribution in [0.5, 0.6) is 0 Å². The summed E-state index contributed by atoms with van der Waals surface area (Å²) in [6, 6.07) is 0. The molecule has 0 nitrogen and oxygen atoms in total. The Balaban J connectivity index is 0. The third-order valence-corrected chi connectivity index (χ3v) is 2.29. The summed E-state index contributed by atoms with van der Waals surface area (Å²) in [5, 5.41) is 0. The summed E-state index contributed by atoms with van der Waals surface area (Å²) in [6.45, 7) is 0. The van der Waals surface area contributed by atoms with Gasteiger partial charge in [0.15, 0.2) is 11.7 Å². The van der Waals surface area contributed by atoms with Crippen LogP contribution in [0.25, 0.3) is 0 Å². The zero-order valence-corrected chi connectivity index (χ0v) is 12.0. The van der Waals surface area contributed by atoms with E-state index in [4.69, 9.17) is 0 Å². The van der Waals surface area contributed by atoms with Crippen molar-refractivity contribution in [2.45, 2.75) is 30.4 Å². The lowest BCUT2D eigenvalue weighted by Gasteiger charge is -2.27. The summed E-state index contributed by atoms with van der Waals surface area (Å²) in [5.41, 5.74) is -6.30. The van der Waals surface area contributed by atoms with Gasteiger partial charge in [0.25, 0.3) is 0 Å². The molecule has 0 aliphatic heterocycles. The molecule has 28 heavy (non-hydrogen) atoms. The highest BCUT2D eigenvalue weighted by Gasteiger charge is 2.75. The fourth-order valence-electron chi connectivity index (χ4n) is 1.09. The van der Waals surface area contributed by atoms with Crippen LogP contribution in [0.4, 0.5) is 79.0 Å². The van der Waals surface area contributed by atoms with E-state index in [2.05, 4.69) is 0 Å². The minimum atomic E-state index is -6.61. The van der Waals surface area contributed by atoms with Gasteiger partial charge in [-0.2, -0.15) is 61.5 Å². The normalized spacial score (nSPS) is 14.6. The van der Waals surface area contributed by atoms with Crippen LogP contribution in [0, 0.1) is 5.92 Å². The van der Waals surface area contributed by atoms with E-state index in [0.29, 0.717) is 0 Å².